The molecule has 0 aliphatic heterocycles. The summed E-state index contributed by atoms with van der Waals surface area (Å²) in [4.78, 5) is 0. The van der Waals surface area contributed by atoms with E-state index < -0.39 is 0 Å². The second-order valence-corrected chi connectivity index (χ2v) is 3.82. The highest BCUT2D eigenvalue weighted by Crippen LogP contribution is 2.19. The standard InChI is InChI=1S/C8H14S2/c1-3-4-5-8(2,10)6-7-9/h9-10H,3-5H2,1-2H3. The van der Waals surface area contributed by atoms with Crippen LogP contribution in [-0.4, -0.2) is 4.75 Å². The van der Waals surface area contributed by atoms with Gasteiger partial charge in [-0.2, -0.15) is 12.6 Å². The molecule has 0 radical (unpaired) electrons. The van der Waals surface area contributed by atoms with Crippen molar-refractivity contribution in [3.05, 3.63) is 0 Å². The van der Waals surface area contributed by atoms with E-state index in [1.165, 1.54) is 12.8 Å². The van der Waals surface area contributed by atoms with E-state index in [-0.39, 0.29) is 4.75 Å². The molecule has 0 saturated carbocycles. The van der Waals surface area contributed by atoms with Crippen molar-refractivity contribution in [2.24, 2.45) is 0 Å². The van der Waals surface area contributed by atoms with Crippen molar-refractivity contribution in [2.45, 2.75) is 37.9 Å². The lowest BCUT2D eigenvalue weighted by Crippen LogP contribution is -2.12. The molecule has 0 aromatic carbocycles. The summed E-state index contributed by atoms with van der Waals surface area (Å²) in [5.41, 5.74) is 0. The first-order valence-electron chi connectivity index (χ1n) is 3.51. The van der Waals surface area contributed by atoms with Gasteiger partial charge in [-0.15, -0.1) is 0 Å². The zero-order valence-corrected chi connectivity index (χ0v) is 8.30. The molecule has 58 valence electrons. The molecule has 0 saturated heterocycles. The second kappa shape index (κ2) is 4.98. The topological polar surface area (TPSA) is 0 Å². The van der Waals surface area contributed by atoms with E-state index in [1.54, 1.807) is 0 Å². The fraction of sp³-hybridized carbons (Fsp3) is 0.750. The highest BCUT2D eigenvalue weighted by Gasteiger charge is 2.13. The van der Waals surface area contributed by atoms with Gasteiger partial charge in [0, 0.05) is 0 Å². The molecular weight excluding hydrogens is 160 g/mol. The normalized spacial score (nSPS) is 15.2. The first-order chi connectivity index (χ1) is 4.62. The van der Waals surface area contributed by atoms with Crippen molar-refractivity contribution in [1.29, 1.82) is 0 Å². The van der Waals surface area contributed by atoms with Crippen LogP contribution < -0.4 is 0 Å². The van der Waals surface area contributed by atoms with Gasteiger partial charge in [-0.1, -0.05) is 38.3 Å². The van der Waals surface area contributed by atoms with E-state index in [0.717, 1.165) is 6.42 Å². The van der Waals surface area contributed by atoms with Crippen LogP contribution in [0.4, 0.5) is 0 Å². The Labute approximate surface area is 74.6 Å². The number of unbranched alkanes of at least 4 members (excludes halogenated alkanes) is 1. The quantitative estimate of drug-likeness (QED) is 0.477. The van der Waals surface area contributed by atoms with Crippen LogP contribution in [0, 0.1) is 11.2 Å². The van der Waals surface area contributed by atoms with Gasteiger partial charge < -0.3 is 0 Å². The molecule has 0 nitrogen and oxygen atoms in total. The second-order valence-electron chi connectivity index (χ2n) is 2.61. The van der Waals surface area contributed by atoms with E-state index in [9.17, 15) is 0 Å². The van der Waals surface area contributed by atoms with Gasteiger partial charge >= 0.3 is 0 Å². The first-order valence-corrected chi connectivity index (χ1v) is 4.40. The Hall–Kier alpha value is 0.260. The molecule has 0 rings (SSSR count). The summed E-state index contributed by atoms with van der Waals surface area (Å²) in [5, 5.41) is 2.58. The van der Waals surface area contributed by atoms with Gasteiger partial charge in [-0.3, -0.25) is 0 Å². The van der Waals surface area contributed by atoms with Crippen molar-refractivity contribution in [1.82, 2.24) is 0 Å². The van der Waals surface area contributed by atoms with Crippen LogP contribution in [0.2, 0.25) is 0 Å². The van der Waals surface area contributed by atoms with Gasteiger partial charge in [0.25, 0.3) is 0 Å². The predicted octanol–water partition coefficient (Wildman–Crippen LogP) is 2.76. The summed E-state index contributed by atoms with van der Waals surface area (Å²) >= 11 is 8.20. The molecule has 0 N–H and O–H groups in total. The zero-order valence-electron chi connectivity index (χ0n) is 6.52. The summed E-state index contributed by atoms with van der Waals surface area (Å²) < 4.78 is -0.141. The van der Waals surface area contributed by atoms with Crippen LogP contribution in [0.5, 0.6) is 0 Å². The highest BCUT2D eigenvalue weighted by atomic mass is 32.1. The Morgan fingerprint density at radius 3 is 2.50 bits per heavy atom. The number of thiol groups is 2. The van der Waals surface area contributed by atoms with Gasteiger partial charge in [-0.05, 0) is 18.6 Å². The lowest BCUT2D eigenvalue weighted by molar-refractivity contribution is 0.653. The molecule has 2 heteroatoms. The maximum absolute atomic E-state index is 4.38. The van der Waals surface area contributed by atoms with E-state index in [4.69, 9.17) is 0 Å². The zero-order chi connectivity index (χ0) is 8.04. The number of hydrogen-bond donors (Lipinski definition) is 2. The Kier molecular flexibility index (Phi) is 5.11. The van der Waals surface area contributed by atoms with Crippen LogP contribution in [0.25, 0.3) is 0 Å². The molecule has 0 aromatic heterocycles. The fourth-order valence-corrected chi connectivity index (χ4v) is 1.25. The smallest absolute Gasteiger partial charge is 0.0716 e. The molecule has 0 aliphatic carbocycles. The van der Waals surface area contributed by atoms with Crippen LogP contribution in [-0.2, 0) is 0 Å². The van der Waals surface area contributed by atoms with Crippen LogP contribution in [0.3, 0.4) is 0 Å². The average Bonchev–Trinajstić information content (AvgIpc) is 1.84. The van der Waals surface area contributed by atoms with E-state index in [0.29, 0.717) is 0 Å². The van der Waals surface area contributed by atoms with E-state index >= 15 is 0 Å². The molecule has 0 amide bonds. The largest absolute Gasteiger partial charge is 0.160 e. The van der Waals surface area contributed by atoms with Crippen LogP contribution >= 0.6 is 25.3 Å². The summed E-state index contributed by atoms with van der Waals surface area (Å²) in [6.45, 7) is 4.19. The molecule has 0 bridgehead atoms. The third kappa shape index (κ3) is 5.08. The molecule has 1 atom stereocenters. The Balaban J connectivity index is 3.71. The third-order valence-electron chi connectivity index (χ3n) is 1.34. The molecule has 0 aliphatic rings. The molecule has 0 heterocycles. The number of hydrogen-bond acceptors (Lipinski definition) is 2. The van der Waals surface area contributed by atoms with Crippen molar-refractivity contribution in [3.63, 3.8) is 0 Å². The minimum Gasteiger partial charge on any atom is -0.160 e. The van der Waals surface area contributed by atoms with Gasteiger partial charge in [-0.25, -0.2) is 0 Å². The highest BCUT2D eigenvalue weighted by molar-refractivity contribution is 7.85. The van der Waals surface area contributed by atoms with Crippen molar-refractivity contribution < 1.29 is 0 Å². The lowest BCUT2D eigenvalue weighted by atomic mass is 10.0. The van der Waals surface area contributed by atoms with Gasteiger partial charge in [0.1, 0.15) is 0 Å². The summed E-state index contributed by atoms with van der Waals surface area (Å²) in [6.07, 6.45) is 3.42. The number of rotatable bonds is 3. The van der Waals surface area contributed by atoms with Gasteiger partial charge in [0.2, 0.25) is 0 Å². The van der Waals surface area contributed by atoms with Gasteiger partial charge in [0.05, 0.1) is 4.75 Å². The van der Waals surface area contributed by atoms with Crippen molar-refractivity contribution >= 4 is 25.3 Å². The molecule has 0 fully saturated rings. The monoisotopic (exact) mass is 174 g/mol. The van der Waals surface area contributed by atoms with Crippen LogP contribution in [0.1, 0.15) is 33.1 Å². The third-order valence-corrected chi connectivity index (χ3v) is 1.79. The Morgan fingerprint density at radius 1 is 1.50 bits per heavy atom. The summed E-state index contributed by atoms with van der Waals surface area (Å²) in [6, 6.07) is 0. The van der Waals surface area contributed by atoms with Crippen molar-refractivity contribution in [3.8, 4) is 11.2 Å². The molecule has 10 heavy (non-hydrogen) atoms. The van der Waals surface area contributed by atoms with Crippen LogP contribution in [0.15, 0.2) is 0 Å². The average molecular weight is 174 g/mol. The maximum atomic E-state index is 4.38. The Bertz CT molecular complexity index is 139. The molecule has 1 unspecified atom stereocenters. The maximum Gasteiger partial charge on any atom is 0.0716 e. The minimum atomic E-state index is -0.141. The van der Waals surface area contributed by atoms with E-state index in [2.05, 4.69) is 43.4 Å². The molecular formula is C8H14S2. The SMILES string of the molecule is CCCCC(C)(S)C#CS. The lowest BCUT2D eigenvalue weighted by Gasteiger charge is -2.14. The van der Waals surface area contributed by atoms with Gasteiger partial charge in [0.15, 0.2) is 0 Å². The fourth-order valence-electron chi connectivity index (χ4n) is 0.704. The first kappa shape index (κ1) is 10.3. The summed E-state index contributed by atoms with van der Waals surface area (Å²) in [7, 11) is 0. The Morgan fingerprint density at radius 2 is 2.10 bits per heavy atom. The van der Waals surface area contributed by atoms with E-state index in [1.807, 2.05) is 6.92 Å². The van der Waals surface area contributed by atoms with Crippen molar-refractivity contribution in [2.75, 3.05) is 0 Å². The predicted molar refractivity (Wildman–Crippen MR) is 53.7 cm³/mol. The molecule has 0 aromatic rings. The molecule has 0 spiro atoms. The minimum absolute atomic E-state index is 0.141. The summed E-state index contributed by atoms with van der Waals surface area (Å²) in [5.74, 6) is 2.94.